The monoisotopic (exact) mass is 374 g/mol. The molecule has 0 radical (unpaired) electrons. The van der Waals surface area contributed by atoms with Gasteiger partial charge in [-0.25, -0.2) is 0 Å². The Kier molecular flexibility index (Phi) is 7.34. The van der Waals surface area contributed by atoms with Crippen molar-refractivity contribution in [1.29, 1.82) is 0 Å². The van der Waals surface area contributed by atoms with E-state index < -0.39 is 0 Å². The lowest BCUT2D eigenvalue weighted by Gasteiger charge is -2.14. The number of carbonyl (C=O) groups excluding carboxylic acids is 1. The number of benzene rings is 2. The lowest BCUT2D eigenvalue weighted by molar-refractivity contribution is -0.116. The van der Waals surface area contributed by atoms with Crippen molar-refractivity contribution in [2.75, 3.05) is 11.1 Å². The van der Waals surface area contributed by atoms with E-state index in [0.29, 0.717) is 24.6 Å². The molecule has 0 heterocycles. The summed E-state index contributed by atoms with van der Waals surface area (Å²) in [5.74, 6) is 0.910. The molecule has 4 nitrogen and oxygen atoms in total. The van der Waals surface area contributed by atoms with Crippen molar-refractivity contribution in [1.82, 2.24) is 0 Å². The number of halogens is 1. The number of nitrogens with two attached hydrogens (primary N) is 1. The molecule has 140 valence electrons. The van der Waals surface area contributed by atoms with Crippen molar-refractivity contribution in [3.63, 3.8) is 0 Å². The zero-order valence-corrected chi connectivity index (χ0v) is 16.0. The first-order valence-electron chi connectivity index (χ1n) is 9.02. The second-order valence-electron chi connectivity index (χ2n) is 6.79. The van der Waals surface area contributed by atoms with E-state index in [1.54, 1.807) is 6.07 Å². The molecule has 0 unspecified atom stereocenters. The van der Waals surface area contributed by atoms with Gasteiger partial charge in [0.2, 0.25) is 5.91 Å². The number of ether oxygens (including phenoxy) is 1. The maximum Gasteiger partial charge on any atom is 0.224 e. The van der Waals surface area contributed by atoms with Gasteiger partial charge in [-0.3, -0.25) is 4.79 Å². The summed E-state index contributed by atoms with van der Waals surface area (Å²) in [4.78, 5) is 12.2. The van der Waals surface area contributed by atoms with Crippen LogP contribution in [0.25, 0.3) is 0 Å². The van der Waals surface area contributed by atoms with Crippen molar-refractivity contribution < 1.29 is 9.53 Å². The highest BCUT2D eigenvalue weighted by Gasteiger charge is 2.16. The van der Waals surface area contributed by atoms with E-state index in [1.807, 2.05) is 37.3 Å². The minimum absolute atomic E-state index is 0. The van der Waals surface area contributed by atoms with Crippen LogP contribution in [-0.4, -0.2) is 12.0 Å². The fraction of sp³-hybridized carbons (Fsp3) is 0.381. The average molecular weight is 375 g/mol. The van der Waals surface area contributed by atoms with E-state index in [-0.39, 0.29) is 18.3 Å². The number of rotatable bonds is 6. The standard InChI is InChI=1S/C21H26N2O2.ClH/c1-15-9-11-17(22)14-20(15)23-21(24)12-10-16-5-4-8-19(13-16)25-18-6-2-3-7-18;/h4-5,8-9,11,13-14,18H,2-3,6-7,10,12,22H2,1H3,(H,23,24);1H. The Morgan fingerprint density at radius 1 is 1.19 bits per heavy atom. The Balaban J connectivity index is 0.00000243. The summed E-state index contributed by atoms with van der Waals surface area (Å²) in [6, 6.07) is 13.6. The number of hydrogen-bond donors (Lipinski definition) is 2. The molecule has 1 fully saturated rings. The number of hydrogen-bond acceptors (Lipinski definition) is 3. The maximum absolute atomic E-state index is 12.2. The summed E-state index contributed by atoms with van der Waals surface area (Å²) in [6.45, 7) is 1.96. The Morgan fingerprint density at radius 3 is 2.73 bits per heavy atom. The van der Waals surface area contributed by atoms with Crippen LogP contribution in [0.2, 0.25) is 0 Å². The number of nitrogen functional groups attached to an aromatic ring is 1. The summed E-state index contributed by atoms with van der Waals surface area (Å²) in [5, 5.41) is 2.94. The van der Waals surface area contributed by atoms with Crippen LogP contribution in [0.1, 0.15) is 43.2 Å². The molecule has 1 amide bonds. The third-order valence-electron chi connectivity index (χ3n) is 4.68. The molecule has 0 atom stereocenters. The molecule has 0 saturated heterocycles. The number of anilines is 2. The van der Waals surface area contributed by atoms with Crippen LogP contribution in [-0.2, 0) is 11.2 Å². The van der Waals surface area contributed by atoms with Gasteiger partial charge in [0.1, 0.15) is 5.75 Å². The Bertz CT molecular complexity index is 743. The smallest absolute Gasteiger partial charge is 0.224 e. The number of nitrogens with one attached hydrogen (secondary N) is 1. The van der Waals surface area contributed by atoms with Crippen LogP contribution in [0.4, 0.5) is 11.4 Å². The fourth-order valence-corrected chi connectivity index (χ4v) is 3.22. The fourth-order valence-electron chi connectivity index (χ4n) is 3.22. The van der Waals surface area contributed by atoms with Gasteiger partial charge in [0.05, 0.1) is 6.10 Å². The highest BCUT2D eigenvalue weighted by atomic mass is 35.5. The van der Waals surface area contributed by atoms with Gasteiger partial charge in [-0.2, -0.15) is 0 Å². The van der Waals surface area contributed by atoms with E-state index in [1.165, 1.54) is 12.8 Å². The maximum atomic E-state index is 12.2. The number of aryl methyl sites for hydroxylation is 2. The van der Waals surface area contributed by atoms with Crippen LogP contribution < -0.4 is 15.8 Å². The average Bonchev–Trinajstić information content (AvgIpc) is 3.10. The molecule has 26 heavy (non-hydrogen) atoms. The molecule has 1 aliphatic carbocycles. The van der Waals surface area contributed by atoms with Gasteiger partial charge in [0, 0.05) is 17.8 Å². The molecule has 2 aromatic carbocycles. The molecule has 0 aliphatic heterocycles. The molecule has 1 saturated carbocycles. The predicted molar refractivity (Wildman–Crippen MR) is 109 cm³/mol. The summed E-state index contributed by atoms with van der Waals surface area (Å²) in [7, 11) is 0. The molecule has 0 spiro atoms. The third kappa shape index (κ3) is 5.67. The molecule has 0 aromatic heterocycles. The minimum Gasteiger partial charge on any atom is -0.490 e. The van der Waals surface area contributed by atoms with E-state index >= 15 is 0 Å². The number of carbonyl (C=O) groups is 1. The highest BCUT2D eigenvalue weighted by molar-refractivity contribution is 5.92. The quantitative estimate of drug-likeness (QED) is 0.707. The second-order valence-corrected chi connectivity index (χ2v) is 6.79. The van der Waals surface area contributed by atoms with E-state index in [2.05, 4.69) is 11.4 Å². The normalized spacial score (nSPS) is 13.9. The number of amides is 1. The minimum atomic E-state index is -0.00388. The van der Waals surface area contributed by atoms with Crippen LogP contribution >= 0.6 is 12.4 Å². The largest absolute Gasteiger partial charge is 0.490 e. The summed E-state index contributed by atoms with van der Waals surface area (Å²) < 4.78 is 6.03. The Morgan fingerprint density at radius 2 is 1.96 bits per heavy atom. The molecular formula is C21H27ClN2O2. The van der Waals surface area contributed by atoms with Crippen molar-refractivity contribution in [3.8, 4) is 5.75 Å². The van der Waals surface area contributed by atoms with Crippen molar-refractivity contribution in [2.45, 2.75) is 51.6 Å². The Hall–Kier alpha value is -2.20. The lowest BCUT2D eigenvalue weighted by atomic mass is 10.1. The highest BCUT2D eigenvalue weighted by Crippen LogP contribution is 2.25. The first-order valence-corrected chi connectivity index (χ1v) is 9.02. The van der Waals surface area contributed by atoms with E-state index in [4.69, 9.17) is 10.5 Å². The second kappa shape index (κ2) is 9.48. The van der Waals surface area contributed by atoms with Crippen LogP contribution in [0, 0.1) is 6.92 Å². The van der Waals surface area contributed by atoms with Crippen molar-refractivity contribution >= 4 is 29.7 Å². The molecule has 0 bridgehead atoms. The van der Waals surface area contributed by atoms with Crippen LogP contribution in [0.15, 0.2) is 42.5 Å². The van der Waals surface area contributed by atoms with Crippen molar-refractivity contribution in [2.24, 2.45) is 0 Å². The SMILES string of the molecule is Cc1ccc(N)cc1NC(=O)CCc1cccc(OC2CCCC2)c1.Cl. The van der Waals surface area contributed by atoms with Gasteiger partial charge in [-0.1, -0.05) is 18.2 Å². The van der Waals surface area contributed by atoms with Crippen LogP contribution in [0.3, 0.4) is 0 Å². The molecule has 3 N–H and O–H groups in total. The summed E-state index contributed by atoms with van der Waals surface area (Å²) in [6.07, 6.45) is 6.28. The molecule has 2 aromatic rings. The van der Waals surface area contributed by atoms with Crippen LogP contribution in [0.5, 0.6) is 5.75 Å². The molecule has 1 aliphatic rings. The van der Waals surface area contributed by atoms with Gasteiger partial charge >= 0.3 is 0 Å². The molecule has 3 rings (SSSR count). The van der Waals surface area contributed by atoms with E-state index in [9.17, 15) is 4.79 Å². The van der Waals surface area contributed by atoms with E-state index in [0.717, 1.165) is 35.4 Å². The van der Waals surface area contributed by atoms with Gasteiger partial charge in [-0.05, 0) is 74.4 Å². The summed E-state index contributed by atoms with van der Waals surface area (Å²) >= 11 is 0. The first-order chi connectivity index (χ1) is 12.1. The van der Waals surface area contributed by atoms with Gasteiger partial charge in [0.15, 0.2) is 0 Å². The Labute approximate surface area is 161 Å². The first kappa shape index (κ1) is 20.1. The topological polar surface area (TPSA) is 64.3 Å². The molecule has 5 heteroatoms. The van der Waals surface area contributed by atoms with Gasteiger partial charge < -0.3 is 15.8 Å². The molecular weight excluding hydrogens is 348 g/mol. The zero-order valence-electron chi connectivity index (χ0n) is 15.2. The van der Waals surface area contributed by atoms with Crippen molar-refractivity contribution in [3.05, 3.63) is 53.6 Å². The summed E-state index contributed by atoms with van der Waals surface area (Å²) in [5.41, 5.74) is 9.35. The lowest BCUT2D eigenvalue weighted by Crippen LogP contribution is -2.13. The zero-order chi connectivity index (χ0) is 17.6. The predicted octanol–water partition coefficient (Wildman–Crippen LogP) is 4.89. The van der Waals surface area contributed by atoms with Gasteiger partial charge in [-0.15, -0.1) is 12.4 Å². The third-order valence-corrected chi connectivity index (χ3v) is 4.68. The van der Waals surface area contributed by atoms with Gasteiger partial charge in [0.25, 0.3) is 0 Å².